The van der Waals surface area contributed by atoms with Crippen molar-refractivity contribution in [2.75, 3.05) is 13.6 Å². The average Bonchev–Trinajstić information content (AvgIpc) is 3.10. The zero-order valence-electron chi connectivity index (χ0n) is 22.7. The molecule has 0 unspecified atom stereocenters. The van der Waals surface area contributed by atoms with Gasteiger partial charge in [0.05, 0.1) is 0 Å². The number of carbonyl (C=O) groups is 2. The third kappa shape index (κ3) is 13.5. The van der Waals surface area contributed by atoms with Gasteiger partial charge in [-0.05, 0) is 61.5 Å². The number of aliphatic carboxylic acids is 1. The molecule has 2 aromatic rings. The molecule has 2 N–H and O–H groups in total. The van der Waals surface area contributed by atoms with Crippen molar-refractivity contribution in [2.45, 2.75) is 92.9 Å². The number of rotatable bonds is 7. The predicted molar refractivity (Wildman–Crippen MR) is 147 cm³/mol. The topological polar surface area (TPSA) is 66.4 Å². The van der Waals surface area contributed by atoms with Gasteiger partial charge < -0.3 is 10.4 Å². The standard InChI is InChI=1S/C14H16.C9H16O.C4H8O2.C3H9N/c1-2-3-6-12-9-10-13-7-4-5-8-14(13)11-12;1-4-7-5-8(10)9(2,3)6-7;1-2-3-4(5)6;1-3-4-2/h4-5,7-11H,2-3,6H2,1H3;7H,4-6H2,1-3H3;2-3H2,1H3,(H,5,6);4H,3H2,1-2H3/t;7-;;/m.1../s1. The number of benzene rings is 2. The number of carboxylic acid groups (broad SMARTS) is 1. The lowest BCUT2D eigenvalue weighted by Crippen LogP contribution is -2.15. The van der Waals surface area contributed by atoms with Crippen LogP contribution in [0.25, 0.3) is 10.8 Å². The first-order chi connectivity index (χ1) is 16.1. The fourth-order valence-corrected chi connectivity index (χ4v) is 3.72. The van der Waals surface area contributed by atoms with Crippen LogP contribution >= 0.6 is 0 Å². The molecule has 0 aliphatic heterocycles. The van der Waals surface area contributed by atoms with Crippen molar-refractivity contribution in [3.63, 3.8) is 0 Å². The summed E-state index contributed by atoms with van der Waals surface area (Å²) in [4.78, 5) is 20.9. The molecule has 0 aromatic heterocycles. The Hall–Kier alpha value is -2.20. The fraction of sp³-hybridized carbons (Fsp3) is 0.600. The van der Waals surface area contributed by atoms with Gasteiger partial charge in [0.15, 0.2) is 0 Å². The number of hydrogen-bond acceptors (Lipinski definition) is 3. The van der Waals surface area contributed by atoms with Crippen LogP contribution in [0.4, 0.5) is 0 Å². The molecule has 0 radical (unpaired) electrons. The van der Waals surface area contributed by atoms with Gasteiger partial charge in [0.25, 0.3) is 0 Å². The number of hydrogen-bond donors (Lipinski definition) is 2. The van der Waals surface area contributed by atoms with E-state index in [1.54, 1.807) is 0 Å². The minimum absolute atomic E-state index is 0.0132. The molecule has 0 saturated heterocycles. The molecule has 34 heavy (non-hydrogen) atoms. The third-order valence-corrected chi connectivity index (χ3v) is 6.06. The van der Waals surface area contributed by atoms with Crippen molar-refractivity contribution < 1.29 is 14.7 Å². The Morgan fingerprint density at radius 2 is 1.65 bits per heavy atom. The molecule has 0 spiro atoms. The summed E-state index contributed by atoms with van der Waals surface area (Å²) >= 11 is 0. The van der Waals surface area contributed by atoms with Crippen molar-refractivity contribution in [2.24, 2.45) is 11.3 Å². The Kier molecular flexibility index (Phi) is 17.0. The largest absolute Gasteiger partial charge is 0.481 e. The fourth-order valence-electron chi connectivity index (χ4n) is 3.72. The Morgan fingerprint density at radius 3 is 2.03 bits per heavy atom. The van der Waals surface area contributed by atoms with E-state index < -0.39 is 5.97 Å². The van der Waals surface area contributed by atoms with Gasteiger partial charge in [-0.3, -0.25) is 9.59 Å². The molecule has 1 aliphatic rings. The van der Waals surface area contributed by atoms with Crippen molar-refractivity contribution >= 4 is 22.5 Å². The smallest absolute Gasteiger partial charge is 0.303 e. The summed E-state index contributed by atoms with van der Waals surface area (Å²) in [6.45, 7) is 13.5. The monoisotopic (exact) mass is 471 g/mol. The molecule has 2 aromatic carbocycles. The maximum Gasteiger partial charge on any atom is 0.303 e. The first-order valence-electron chi connectivity index (χ1n) is 13.0. The number of unbranched alkanes of at least 4 members (excludes halogenated alkanes) is 1. The first kappa shape index (κ1) is 31.8. The quantitative estimate of drug-likeness (QED) is 0.434. The molecule has 1 atom stereocenters. The number of carboxylic acids is 1. The Morgan fingerprint density at radius 1 is 1.03 bits per heavy atom. The van der Waals surface area contributed by atoms with Gasteiger partial charge in [0, 0.05) is 18.3 Å². The highest BCUT2D eigenvalue weighted by Crippen LogP contribution is 2.39. The lowest BCUT2D eigenvalue weighted by Gasteiger charge is -2.14. The second-order valence-electron chi connectivity index (χ2n) is 9.63. The molecular weight excluding hydrogens is 422 g/mol. The summed E-state index contributed by atoms with van der Waals surface area (Å²) in [7, 11) is 1.93. The summed E-state index contributed by atoms with van der Waals surface area (Å²) in [5, 5.41) is 13.5. The van der Waals surface area contributed by atoms with E-state index in [0.29, 0.717) is 18.1 Å². The van der Waals surface area contributed by atoms with Gasteiger partial charge >= 0.3 is 5.97 Å². The number of Topliss-reactive ketones (excluding diaryl/α,β-unsaturated/α-hetero) is 1. The Labute approximate surface area is 208 Å². The van der Waals surface area contributed by atoms with Crippen molar-refractivity contribution in [1.29, 1.82) is 0 Å². The molecule has 0 bridgehead atoms. The van der Waals surface area contributed by atoms with Crippen LogP contribution in [0, 0.1) is 11.3 Å². The number of ketones is 1. The molecule has 1 aliphatic carbocycles. The van der Waals surface area contributed by atoms with E-state index in [9.17, 15) is 9.59 Å². The highest BCUT2D eigenvalue weighted by Gasteiger charge is 2.37. The predicted octanol–water partition coefficient (Wildman–Crippen LogP) is 7.68. The van der Waals surface area contributed by atoms with Gasteiger partial charge in [-0.1, -0.05) is 96.8 Å². The maximum absolute atomic E-state index is 11.3. The highest BCUT2D eigenvalue weighted by atomic mass is 16.4. The summed E-state index contributed by atoms with van der Waals surface area (Å²) in [6.07, 6.45) is 7.88. The van der Waals surface area contributed by atoms with Crippen LogP contribution in [-0.4, -0.2) is 30.5 Å². The average molecular weight is 472 g/mol. The second kappa shape index (κ2) is 18.2. The lowest BCUT2D eigenvalue weighted by atomic mass is 9.89. The van der Waals surface area contributed by atoms with E-state index in [1.807, 2.05) is 14.0 Å². The summed E-state index contributed by atoms with van der Waals surface area (Å²) in [5.74, 6) is 0.416. The van der Waals surface area contributed by atoms with Crippen LogP contribution in [0.5, 0.6) is 0 Å². The number of aryl methyl sites for hydroxylation is 1. The van der Waals surface area contributed by atoms with Crippen LogP contribution in [0.3, 0.4) is 0 Å². The van der Waals surface area contributed by atoms with Gasteiger partial charge in [-0.2, -0.15) is 0 Å². The number of carbonyl (C=O) groups excluding carboxylic acids is 1. The Bertz CT molecular complexity index is 827. The van der Waals surface area contributed by atoms with Crippen molar-refractivity contribution in [3.05, 3.63) is 48.0 Å². The SMILES string of the molecule is CCCC(=O)O.CCCCc1ccc2ccccc2c1.CCNC.CC[C@@H]1CC(=O)C(C)(C)C1. The van der Waals surface area contributed by atoms with Gasteiger partial charge in [0.2, 0.25) is 0 Å². The first-order valence-corrected chi connectivity index (χ1v) is 13.0. The summed E-state index contributed by atoms with van der Waals surface area (Å²) in [6, 6.07) is 15.3. The van der Waals surface area contributed by atoms with E-state index in [1.165, 1.54) is 35.6 Å². The summed E-state index contributed by atoms with van der Waals surface area (Å²) < 4.78 is 0. The molecule has 4 heteroatoms. The zero-order chi connectivity index (χ0) is 26.0. The van der Waals surface area contributed by atoms with Gasteiger partial charge in [-0.25, -0.2) is 0 Å². The minimum atomic E-state index is -0.711. The highest BCUT2D eigenvalue weighted by molar-refractivity contribution is 5.86. The van der Waals surface area contributed by atoms with Crippen LogP contribution in [0.15, 0.2) is 42.5 Å². The van der Waals surface area contributed by atoms with Crippen molar-refractivity contribution in [3.8, 4) is 0 Å². The van der Waals surface area contributed by atoms with Crippen LogP contribution in [-0.2, 0) is 16.0 Å². The van der Waals surface area contributed by atoms with Gasteiger partial charge in [-0.15, -0.1) is 0 Å². The van der Waals surface area contributed by atoms with E-state index in [4.69, 9.17) is 5.11 Å². The molecular formula is C30H49NO3. The third-order valence-electron chi connectivity index (χ3n) is 6.06. The maximum atomic E-state index is 11.3. The zero-order valence-corrected chi connectivity index (χ0v) is 22.7. The number of fused-ring (bicyclic) bond motifs is 1. The minimum Gasteiger partial charge on any atom is -0.481 e. The number of nitrogens with one attached hydrogen (secondary N) is 1. The van der Waals surface area contributed by atoms with Crippen LogP contribution < -0.4 is 5.32 Å². The Balaban J connectivity index is 0.000000477. The molecule has 1 fully saturated rings. The van der Waals surface area contributed by atoms with Crippen molar-refractivity contribution in [1.82, 2.24) is 5.32 Å². The van der Waals surface area contributed by atoms with E-state index in [2.05, 4.69) is 82.4 Å². The molecule has 0 heterocycles. The second-order valence-corrected chi connectivity index (χ2v) is 9.63. The molecule has 3 rings (SSSR count). The van der Waals surface area contributed by atoms with Gasteiger partial charge in [0.1, 0.15) is 5.78 Å². The normalized spacial score (nSPS) is 15.9. The molecule has 192 valence electrons. The van der Waals surface area contributed by atoms with Crippen LogP contribution in [0.1, 0.15) is 92.1 Å². The molecule has 4 nitrogen and oxygen atoms in total. The van der Waals surface area contributed by atoms with Crippen LogP contribution in [0.2, 0.25) is 0 Å². The summed E-state index contributed by atoms with van der Waals surface area (Å²) in [5.41, 5.74) is 1.45. The van der Waals surface area contributed by atoms with E-state index >= 15 is 0 Å². The molecule has 1 saturated carbocycles. The van der Waals surface area contributed by atoms with E-state index in [-0.39, 0.29) is 5.41 Å². The van der Waals surface area contributed by atoms with E-state index in [0.717, 1.165) is 32.2 Å². The molecule has 0 amide bonds. The lowest BCUT2D eigenvalue weighted by molar-refractivity contribution is -0.137.